The molecule has 1 nitrogen and oxygen atoms in total. The Labute approximate surface area is 82.3 Å². The van der Waals surface area contributed by atoms with Crippen LogP contribution in [0.15, 0.2) is 0 Å². The average Bonchev–Trinajstić information content (AvgIpc) is 2.72. The first-order valence-corrected chi connectivity index (χ1v) is 6.08. The minimum atomic E-state index is 0.738. The summed E-state index contributed by atoms with van der Waals surface area (Å²) in [7, 11) is 0. The summed E-state index contributed by atoms with van der Waals surface area (Å²) in [5, 5.41) is 3.50. The minimum Gasteiger partial charge on any atom is -0.317 e. The zero-order valence-electron chi connectivity index (χ0n) is 8.94. The van der Waals surface area contributed by atoms with Crippen molar-refractivity contribution in [2.45, 2.75) is 51.9 Å². The second kappa shape index (κ2) is 4.00. The Morgan fingerprint density at radius 3 is 2.31 bits per heavy atom. The number of piperidine rings is 1. The molecule has 76 valence electrons. The fourth-order valence-corrected chi connectivity index (χ4v) is 3.51. The molecule has 2 fully saturated rings. The molecule has 0 amide bonds. The molecule has 2 aliphatic rings. The van der Waals surface area contributed by atoms with E-state index in [4.69, 9.17) is 0 Å². The van der Waals surface area contributed by atoms with E-state index >= 15 is 0 Å². The van der Waals surface area contributed by atoms with Crippen molar-refractivity contribution in [3.05, 3.63) is 0 Å². The molecule has 1 heteroatoms. The van der Waals surface area contributed by atoms with E-state index in [2.05, 4.69) is 12.2 Å². The third-order valence-corrected chi connectivity index (χ3v) is 4.52. The molecule has 1 heterocycles. The van der Waals surface area contributed by atoms with Crippen molar-refractivity contribution in [1.29, 1.82) is 0 Å². The highest BCUT2D eigenvalue weighted by atomic mass is 14.9. The standard InChI is InChI=1S/C12H23N/c1-2-12(7-9-13-10-8-12)11-5-3-4-6-11/h11,13H,2-10H2,1H3. The molecule has 1 aliphatic heterocycles. The van der Waals surface area contributed by atoms with Crippen LogP contribution in [0.3, 0.4) is 0 Å². The zero-order valence-corrected chi connectivity index (χ0v) is 8.94. The maximum Gasteiger partial charge on any atom is -0.00435 e. The van der Waals surface area contributed by atoms with Gasteiger partial charge in [0.1, 0.15) is 0 Å². The molecule has 0 aromatic carbocycles. The average molecular weight is 181 g/mol. The van der Waals surface area contributed by atoms with Crippen LogP contribution in [0, 0.1) is 11.3 Å². The third kappa shape index (κ3) is 1.76. The Bertz CT molecular complexity index is 153. The van der Waals surface area contributed by atoms with E-state index in [9.17, 15) is 0 Å². The van der Waals surface area contributed by atoms with Crippen molar-refractivity contribution in [1.82, 2.24) is 5.32 Å². The molecule has 1 N–H and O–H groups in total. The molecule has 0 radical (unpaired) electrons. The number of hydrogen-bond donors (Lipinski definition) is 1. The Balaban J connectivity index is 2.03. The van der Waals surface area contributed by atoms with E-state index < -0.39 is 0 Å². The van der Waals surface area contributed by atoms with Crippen LogP contribution in [0.5, 0.6) is 0 Å². The van der Waals surface area contributed by atoms with Crippen molar-refractivity contribution in [2.24, 2.45) is 11.3 Å². The summed E-state index contributed by atoms with van der Waals surface area (Å²) in [5.74, 6) is 1.07. The van der Waals surface area contributed by atoms with Crippen LogP contribution in [0.1, 0.15) is 51.9 Å². The van der Waals surface area contributed by atoms with E-state index in [1.165, 1.54) is 58.0 Å². The van der Waals surface area contributed by atoms with Gasteiger partial charge in [-0.25, -0.2) is 0 Å². The summed E-state index contributed by atoms with van der Waals surface area (Å²) in [6.07, 6.45) is 10.3. The molecular formula is C12H23N. The van der Waals surface area contributed by atoms with E-state index in [-0.39, 0.29) is 0 Å². The zero-order chi connectivity index (χ0) is 9.15. The minimum absolute atomic E-state index is 0.738. The lowest BCUT2D eigenvalue weighted by Crippen LogP contribution is -2.40. The molecule has 13 heavy (non-hydrogen) atoms. The molecule has 1 aliphatic carbocycles. The maximum atomic E-state index is 3.50. The third-order valence-electron chi connectivity index (χ3n) is 4.52. The molecule has 0 aromatic rings. The summed E-state index contributed by atoms with van der Waals surface area (Å²) in [5.41, 5.74) is 0.738. The number of nitrogens with one attached hydrogen (secondary N) is 1. The number of rotatable bonds is 2. The van der Waals surface area contributed by atoms with Gasteiger partial charge in [-0.3, -0.25) is 0 Å². The fraction of sp³-hybridized carbons (Fsp3) is 1.00. The molecule has 0 bridgehead atoms. The van der Waals surface area contributed by atoms with Gasteiger partial charge in [-0.15, -0.1) is 0 Å². The number of hydrogen-bond acceptors (Lipinski definition) is 1. The maximum absolute atomic E-state index is 3.50. The predicted octanol–water partition coefficient (Wildman–Crippen LogP) is 2.96. The topological polar surface area (TPSA) is 12.0 Å². The largest absolute Gasteiger partial charge is 0.317 e. The first-order chi connectivity index (χ1) is 6.37. The highest BCUT2D eigenvalue weighted by molar-refractivity contribution is 4.91. The predicted molar refractivity (Wildman–Crippen MR) is 56.8 cm³/mol. The quantitative estimate of drug-likeness (QED) is 0.690. The van der Waals surface area contributed by atoms with Crippen molar-refractivity contribution < 1.29 is 0 Å². The van der Waals surface area contributed by atoms with Crippen LogP contribution in [0.4, 0.5) is 0 Å². The second-order valence-corrected chi connectivity index (χ2v) is 4.95. The van der Waals surface area contributed by atoms with Crippen molar-refractivity contribution in [2.75, 3.05) is 13.1 Å². The van der Waals surface area contributed by atoms with Gasteiger partial charge in [0.15, 0.2) is 0 Å². The van der Waals surface area contributed by atoms with Gasteiger partial charge in [-0.1, -0.05) is 26.2 Å². The Kier molecular flexibility index (Phi) is 2.92. The van der Waals surface area contributed by atoms with Crippen LogP contribution in [-0.4, -0.2) is 13.1 Å². The monoisotopic (exact) mass is 181 g/mol. The highest BCUT2D eigenvalue weighted by Gasteiger charge is 2.38. The van der Waals surface area contributed by atoms with Crippen molar-refractivity contribution in [3.63, 3.8) is 0 Å². The van der Waals surface area contributed by atoms with E-state index in [0.29, 0.717) is 0 Å². The van der Waals surface area contributed by atoms with Crippen LogP contribution in [0.2, 0.25) is 0 Å². The van der Waals surface area contributed by atoms with E-state index in [0.717, 1.165) is 11.3 Å². The van der Waals surface area contributed by atoms with Crippen LogP contribution in [0.25, 0.3) is 0 Å². The van der Waals surface area contributed by atoms with Gasteiger partial charge in [0.25, 0.3) is 0 Å². The van der Waals surface area contributed by atoms with Crippen molar-refractivity contribution >= 4 is 0 Å². The summed E-state index contributed by atoms with van der Waals surface area (Å²) in [4.78, 5) is 0. The van der Waals surface area contributed by atoms with Gasteiger partial charge < -0.3 is 5.32 Å². The molecule has 0 aromatic heterocycles. The first-order valence-electron chi connectivity index (χ1n) is 6.08. The normalized spacial score (nSPS) is 29.3. The molecule has 0 atom stereocenters. The lowest BCUT2D eigenvalue weighted by Gasteiger charge is -2.42. The summed E-state index contributed by atoms with van der Waals surface area (Å²) in [6.45, 7) is 4.94. The summed E-state index contributed by atoms with van der Waals surface area (Å²) < 4.78 is 0. The van der Waals surface area contributed by atoms with Gasteiger partial charge in [0.05, 0.1) is 0 Å². The molecule has 0 unspecified atom stereocenters. The molecular weight excluding hydrogens is 158 g/mol. The molecule has 1 saturated carbocycles. The van der Waals surface area contributed by atoms with E-state index in [1.54, 1.807) is 0 Å². The van der Waals surface area contributed by atoms with Gasteiger partial charge >= 0.3 is 0 Å². The van der Waals surface area contributed by atoms with Gasteiger partial charge in [-0.05, 0) is 50.1 Å². The fourth-order valence-electron chi connectivity index (χ4n) is 3.51. The Morgan fingerprint density at radius 1 is 1.15 bits per heavy atom. The SMILES string of the molecule is CCC1(C2CCCC2)CCNCC1. The summed E-state index contributed by atoms with van der Waals surface area (Å²) in [6, 6.07) is 0. The van der Waals surface area contributed by atoms with Crippen LogP contribution < -0.4 is 5.32 Å². The van der Waals surface area contributed by atoms with Gasteiger partial charge in [-0.2, -0.15) is 0 Å². The smallest absolute Gasteiger partial charge is 0.00435 e. The van der Waals surface area contributed by atoms with Gasteiger partial charge in [0, 0.05) is 0 Å². The molecule has 0 spiro atoms. The summed E-state index contributed by atoms with van der Waals surface area (Å²) >= 11 is 0. The lowest BCUT2D eigenvalue weighted by atomic mass is 9.66. The molecule has 1 saturated heterocycles. The highest BCUT2D eigenvalue weighted by Crippen LogP contribution is 2.47. The lowest BCUT2D eigenvalue weighted by molar-refractivity contribution is 0.102. The van der Waals surface area contributed by atoms with Crippen LogP contribution >= 0.6 is 0 Å². The molecule has 2 rings (SSSR count). The Morgan fingerprint density at radius 2 is 1.77 bits per heavy atom. The van der Waals surface area contributed by atoms with E-state index in [1.807, 2.05) is 0 Å². The van der Waals surface area contributed by atoms with Crippen LogP contribution in [-0.2, 0) is 0 Å². The van der Waals surface area contributed by atoms with Gasteiger partial charge in [0.2, 0.25) is 0 Å². The Hall–Kier alpha value is -0.0400. The van der Waals surface area contributed by atoms with Crippen molar-refractivity contribution in [3.8, 4) is 0 Å². The second-order valence-electron chi connectivity index (χ2n) is 4.95. The first kappa shape index (κ1) is 9.51.